The number of rotatable bonds is 6. The molecule has 5 heteroatoms. The standard InChI is InChI=1S/C22H21NO3S/c1-3-16-13-20(27-15(16)2)22(25)26-14-21(24)23-19-12-8-7-11-18(19)17-9-5-4-6-10-17/h4-13H,3,14H2,1-2H3,(H,23,24). The normalized spacial score (nSPS) is 10.4. The number of esters is 1. The first-order chi connectivity index (χ1) is 13.1. The van der Waals surface area contributed by atoms with E-state index in [4.69, 9.17) is 4.74 Å². The third kappa shape index (κ3) is 4.63. The number of carbonyl (C=O) groups excluding carboxylic acids is 2. The van der Waals surface area contributed by atoms with E-state index in [1.54, 1.807) is 0 Å². The number of hydrogen-bond acceptors (Lipinski definition) is 4. The first kappa shape index (κ1) is 18.9. The highest BCUT2D eigenvalue weighted by atomic mass is 32.1. The maximum Gasteiger partial charge on any atom is 0.348 e. The van der Waals surface area contributed by atoms with Gasteiger partial charge in [0.05, 0.1) is 0 Å². The number of benzene rings is 2. The Balaban J connectivity index is 1.64. The second-order valence-corrected chi connectivity index (χ2v) is 7.34. The lowest BCUT2D eigenvalue weighted by Gasteiger charge is -2.11. The van der Waals surface area contributed by atoms with Crippen LogP contribution in [0.15, 0.2) is 60.7 Å². The Kier molecular flexibility index (Phi) is 6.04. The summed E-state index contributed by atoms with van der Waals surface area (Å²) < 4.78 is 5.18. The summed E-state index contributed by atoms with van der Waals surface area (Å²) in [6.07, 6.45) is 0.867. The molecular formula is C22H21NO3S. The van der Waals surface area contributed by atoms with Gasteiger partial charge in [0.2, 0.25) is 0 Å². The van der Waals surface area contributed by atoms with Crippen molar-refractivity contribution in [1.29, 1.82) is 0 Å². The third-order valence-corrected chi connectivity index (χ3v) is 5.30. The van der Waals surface area contributed by atoms with Crippen LogP contribution in [0, 0.1) is 6.92 Å². The molecule has 0 aliphatic heterocycles. The molecule has 0 unspecified atom stereocenters. The van der Waals surface area contributed by atoms with Crippen LogP contribution in [0.4, 0.5) is 5.69 Å². The molecule has 0 aliphatic rings. The molecule has 3 rings (SSSR count). The second kappa shape index (κ2) is 8.64. The minimum Gasteiger partial charge on any atom is -0.451 e. The maximum absolute atomic E-state index is 12.3. The van der Waals surface area contributed by atoms with E-state index in [1.807, 2.05) is 74.5 Å². The number of amides is 1. The number of carbonyl (C=O) groups is 2. The minimum absolute atomic E-state index is 0.319. The molecule has 1 heterocycles. The molecule has 0 aliphatic carbocycles. The first-order valence-electron chi connectivity index (χ1n) is 8.79. The highest BCUT2D eigenvalue weighted by Gasteiger charge is 2.15. The summed E-state index contributed by atoms with van der Waals surface area (Å²) in [7, 11) is 0. The SMILES string of the molecule is CCc1cc(C(=O)OCC(=O)Nc2ccccc2-c2ccccc2)sc1C. The van der Waals surface area contributed by atoms with Crippen molar-refractivity contribution in [3.8, 4) is 11.1 Å². The molecule has 0 bridgehead atoms. The zero-order valence-corrected chi connectivity index (χ0v) is 16.1. The van der Waals surface area contributed by atoms with Gasteiger partial charge in [0.1, 0.15) is 4.88 Å². The van der Waals surface area contributed by atoms with Gasteiger partial charge < -0.3 is 10.1 Å². The van der Waals surface area contributed by atoms with Crippen LogP contribution in [0.3, 0.4) is 0 Å². The van der Waals surface area contributed by atoms with Gasteiger partial charge in [0, 0.05) is 16.1 Å². The van der Waals surface area contributed by atoms with Gasteiger partial charge in [0.25, 0.3) is 5.91 Å². The number of thiophene rings is 1. The van der Waals surface area contributed by atoms with Crippen LogP contribution in [0.2, 0.25) is 0 Å². The molecule has 138 valence electrons. The van der Waals surface area contributed by atoms with Gasteiger partial charge in [-0.05, 0) is 36.6 Å². The van der Waals surface area contributed by atoms with Crippen LogP contribution in [-0.4, -0.2) is 18.5 Å². The Morgan fingerprint density at radius 1 is 1.04 bits per heavy atom. The highest BCUT2D eigenvalue weighted by molar-refractivity contribution is 7.14. The molecule has 0 spiro atoms. The summed E-state index contributed by atoms with van der Waals surface area (Å²) in [5, 5.41) is 2.83. The molecule has 4 nitrogen and oxygen atoms in total. The van der Waals surface area contributed by atoms with E-state index in [2.05, 4.69) is 5.32 Å². The van der Waals surface area contributed by atoms with E-state index in [0.29, 0.717) is 10.6 Å². The van der Waals surface area contributed by atoms with Crippen molar-refractivity contribution in [3.63, 3.8) is 0 Å². The number of anilines is 1. The van der Waals surface area contributed by atoms with Gasteiger partial charge in [-0.1, -0.05) is 55.5 Å². The van der Waals surface area contributed by atoms with Gasteiger partial charge in [-0.3, -0.25) is 4.79 Å². The summed E-state index contributed by atoms with van der Waals surface area (Å²) in [6.45, 7) is 3.70. The van der Waals surface area contributed by atoms with Crippen LogP contribution >= 0.6 is 11.3 Å². The van der Waals surface area contributed by atoms with Gasteiger partial charge >= 0.3 is 5.97 Å². The topological polar surface area (TPSA) is 55.4 Å². The number of ether oxygens (including phenoxy) is 1. The van der Waals surface area contributed by atoms with E-state index in [1.165, 1.54) is 11.3 Å². The summed E-state index contributed by atoms with van der Waals surface area (Å²) in [4.78, 5) is 26.1. The minimum atomic E-state index is -0.464. The highest BCUT2D eigenvalue weighted by Crippen LogP contribution is 2.27. The fourth-order valence-corrected chi connectivity index (χ4v) is 3.83. The van der Waals surface area contributed by atoms with Crippen LogP contribution in [0.25, 0.3) is 11.1 Å². The van der Waals surface area contributed by atoms with E-state index in [-0.39, 0.29) is 12.5 Å². The fraction of sp³-hybridized carbons (Fsp3) is 0.182. The van der Waals surface area contributed by atoms with E-state index in [9.17, 15) is 9.59 Å². The summed E-state index contributed by atoms with van der Waals surface area (Å²) in [5.41, 5.74) is 3.74. The van der Waals surface area contributed by atoms with Crippen LogP contribution in [0.5, 0.6) is 0 Å². The molecule has 0 saturated heterocycles. The van der Waals surface area contributed by atoms with Crippen molar-refractivity contribution in [3.05, 3.63) is 76.0 Å². The van der Waals surface area contributed by atoms with Crippen molar-refractivity contribution in [2.45, 2.75) is 20.3 Å². The Morgan fingerprint density at radius 2 is 1.74 bits per heavy atom. The van der Waals surface area contributed by atoms with Crippen molar-refractivity contribution >= 4 is 28.9 Å². The summed E-state index contributed by atoms with van der Waals surface area (Å²) in [5.74, 6) is -0.829. The first-order valence-corrected chi connectivity index (χ1v) is 9.61. The van der Waals surface area contributed by atoms with E-state index in [0.717, 1.165) is 28.0 Å². The zero-order valence-electron chi connectivity index (χ0n) is 15.3. The molecule has 0 fully saturated rings. The largest absolute Gasteiger partial charge is 0.451 e. The molecule has 1 amide bonds. The monoisotopic (exact) mass is 379 g/mol. The van der Waals surface area contributed by atoms with E-state index < -0.39 is 5.97 Å². The quantitative estimate of drug-likeness (QED) is 0.608. The molecule has 1 N–H and O–H groups in total. The number of hydrogen-bond donors (Lipinski definition) is 1. The second-order valence-electron chi connectivity index (χ2n) is 6.08. The Labute approximate surface area is 162 Å². The lowest BCUT2D eigenvalue weighted by Crippen LogP contribution is -2.21. The van der Waals surface area contributed by atoms with Crippen molar-refractivity contribution in [1.82, 2.24) is 0 Å². The number of para-hydroxylation sites is 1. The van der Waals surface area contributed by atoms with Crippen molar-refractivity contribution in [2.75, 3.05) is 11.9 Å². The Morgan fingerprint density at radius 3 is 2.44 bits per heavy atom. The number of nitrogens with one attached hydrogen (secondary N) is 1. The lowest BCUT2D eigenvalue weighted by molar-refractivity contribution is -0.119. The fourth-order valence-electron chi connectivity index (χ4n) is 2.82. The maximum atomic E-state index is 12.3. The predicted octanol–water partition coefficient (Wildman–Crippen LogP) is 5.08. The summed E-state index contributed by atoms with van der Waals surface area (Å²) in [6, 6.07) is 19.2. The Bertz CT molecular complexity index is 947. The molecule has 3 aromatic rings. The molecular weight excluding hydrogens is 358 g/mol. The van der Waals surface area contributed by atoms with Gasteiger partial charge in [-0.2, -0.15) is 0 Å². The van der Waals surface area contributed by atoms with Crippen LogP contribution in [0.1, 0.15) is 27.0 Å². The average Bonchev–Trinajstić information content (AvgIpc) is 3.08. The summed E-state index contributed by atoms with van der Waals surface area (Å²) >= 11 is 1.40. The molecule has 2 aromatic carbocycles. The molecule has 1 aromatic heterocycles. The van der Waals surface area contributed by atoms with Gasteiger partial charge in [-0.15, -0.1) is 11.3 Å². The van der Waals surface area contributed by atoms with Crippen molar-refractivity contribution in [2.24, 2.45) is 0 Å². The molecule has 0 atom stereocenters. The average molecular weight is 379 g/mol. The third-order valence-electron chi connectivity index (χ3n) is 4.22. The van der Waals surface area contributed by atoms with E-state index >= 15 is 0 Å². The Hall–Kier alpha value is -2.92. The molecule has 0 radical (unpaired) electrons. The van der Waals surface area contributed by atoms with Gasteiger partial charge in [-0.25, -0.2) is 4.79 Å². The van der Waals surface area contributed by atoms with Crippen LogP contribution in [-0.2, 0) is 16.0 Å². The van der Waals surface area contributed by atoms with Gasteiger partial charge in [0.15, 0.2) is 6.61 Å². The smallest absolute Gasteiger partial charge is 0.348 e. The lowest BCUT2D eigenvalue weighted by atomic mass is 10.0. The van der Waals surface area contributed by atoms with Crippen molar-refractivity contribution < 1.29 is 14.3 Å². The molecule has 27 heavy (non-hydrogen) atoms. The zero-order chi connectivity index (χ0) is 19.2. The van der Waals surface area contributed by atoms with Crippen LogP contribution < -0.4 is 5.32 Å². The molecule has 0 saturated carbocycles. The predicted molar refractivity (Wildman–Crippen MR) is 109 cm³/mol. The number of aryl methyl sites for hydroxylation is 2.